The molecule has 3 N–H and O–H groups in total. The van der Waals surface area contributed by atoms with Crippen LogP contribution in [0.1, 0.15) is 26.3 Å². The maximum atomic E-state index is 12.5. The maximum Gasteiger partial charge on any atom is 0.271 e. The quantitative estimate of drug-likeness (QED) is 0.410. The number of amides is 2. The molecule has 0 fully saturated rings. The summed E-state index contributed by atoms with van der Waals surface area (Å²) in [6.07, 6.45) is 0.516. The Morgan fingerprint density at radius 2 is 1.53 bits per heavy atom. The third-order valence-corrected chi connectivity index (χ3v) is 4.32. The van der Waals surface area contributed by atoms with Gasteiger partial charge in [0.25, 0.3) is 17.5 Å². The second-order valence-corrected chi connectivity index (χ2v) is 6.52. The minimum atomic E-state index is -0.646. The average Bonchev–Trinajstić information content (AvgIpc) is 2.75. The third-order valence-electron chi connectivity index (χ3n) is 4.32. The normalized spacial score (nSPS) is 10.3. The molecular formula is C22H19N3O5. The molecule has 3 aromatic rings. The summed E-state index contributed by atoms with van der Waals surface area (Å²) in [7, 11) is 0. The second kappa shape index (κ2) is 9.33. The molecule has 8 heteroatoms. The van der Waals surface area contributed by atoms with E-state index < -0.39 is 16.7 Å². The zero-order valence-corrected chi connectivity index (χ0v) is 15.9. The Bertz CT molecular complexity index is 1070. The smallest absolute Gasteiger partial charge is 0.271 e. The van der Waals surface area contributed by atoms with Crippen LogP contribution < -0.4 is 10.6 Å². The van der Waals surface area contributed by atoms with Gasteiger partial charge in [-0.3, -0.25) is 19.7 Å². The van der Waals surface area contributed by atoms with Crippen molar-refractivity contribution >= 4 is 23.2 Å². The minimum absolute atomic E-state index is 0.0109. The fourth-order valence-corrected chi connectivity index (χ4v) is 2.79. The molecule has 0 atom stereocenters. The predicted octanol–water partition coefficient (Wildman–Crippen LogP) is 3.53. The average molecular weight is 405 g/mol. The van der Waals surface area contributed by atoms with Crippen LogP contribution in [-0.4, -0.2) is 28.4 Å². The van der Waals surface area contributed by atoms with E-state index in [2.05, 4.69) is 10.6 Å². The second-order valence-electron chi connectivity index (χ2n) is 6.52. The SMILES string of the molecule is O=C(NCCc1ccc(O)cc1)c1cc(C(=O)Nc2ccccc2)cc([N+](=O)[O-])c1. The zero-order chi connectivity index (χ0) is 21.5. The van der Waals surface area contributed by atoms with Crippen LogP contribution in [0.5, 0.6) is 5.75 Å². The fraction of sp³-hybridized carbons (Fsp3) is 0.0909. The van der Waals surface area contributed by atoms with Crippen molar-refractivity contribution in [2.45, 2.75) is 6.42 Å². The van der Waals surface area contributed by atoms with Crippen molar-refractivity contribution in [2.75, 3.05) is 11.9 Å². The summed E-state index contributed by atoms with van der Waals surface area (Å²) in [4.78, 5) is 35.6. The highest BCUT2D eigenvalue weighted by Crippen LogP contribution is 2.19. The highest BCUT2D eigenvalue weighted by atomic mass is 16.6. The standard InChI is InChI=1S/C22H19N3O5/c26-20-8-6-15(7-9-20)10-11-23-21(27)16-12-17(14-19(13-16)25(29)30)22(28)24-18-4-2-1-3-5-18/h1-9,12-14,26H,10-11H2,(H,23,27)(H,24,28). The number of phenolic OH excluding ortho intramolecular Hbond substituents is 1. The monoisotopic (exact) mass is 405 g/mol. The van der Waals surface area contributed by atoms with Crippen molar-refractivity contribution < 1.29 is 19.6 Å². The van der Waals surface area contributed by atoms with Crippen LogP contribution in [0.2, 0.25) is 0 Å². The molecule has 3 aromatic carbocycles. The Balaban J connectivity index is 1.72. The van der Waals surface area contributed by atoms with E-state index in [9.17, 15) is 24.8 Å². The van der Waals surface area contributed by atoms with Crippen molar-refractivity contribution in [2.24, 2.45) is 0 Å². The van der Waals surface area contributed by atoms with Crippen LogP contribution in [0.4, 0.5) is 11.4 Å². The molecule has 0 aromatic heterocycles. The van der Waals surface area contributed by atoms with Gasteiger partial charge in [-0.2, -0.15) is 0 Å². The summed E-state index contributed by atoms with van der Waals surface area (Å²) in [5, 5.41) is 25.9. The van der Waals surface area contributed by atoms with Gasteiger partial charge in [-0.25, -0.2) is 0 Å². The predicted molar refractivity (Wildman–Crippen MR) is 112 cm³/mol. The van der Waals surface area contributed by atoms with Crippen molar-refractivity contribution in [1.82, 2.24) is 5.32 Å². The lowest BCUT2D eigenvalue weighted by Gasteiger charge is -2.09. The van der Waals surface area contributed by atoms with Crippen molar-refractivity contribution in [1.29, 1.82) is 0 Å². The minimum Gasteiger partial charge on any atom is -0.508 e. The molecular weight excluding hydrogens is 386 g/mol. The molecule has 0 saturated carbocycles. The first-order chi connectivity index (χ1) is 14.4. The van der Waals surface area contributed by atoms with Gasteiger partial charge in [-0.05, 0) is 42.3 Å². The molecule has 0 radical (unpaired) electrons. The van der Waals surface area contributed by atoms with Crippen molar-refractivity contribution in [3.05, 3.63) is 99.6 Å². The molecule has 0 spiro atoms. The number of nitro groups is 1. The molecule has 0 heterocycles. The number of hydrogen-bond acceptors (Lipinski definition) is 5. The molecule has 30 heavy (non-hydrogen) atoms. The van der Waals surface area contributed by atoms with Gasteiger partial charge in [0.1, 0.15) is 5.75 Å². The number of nitrogens with one attached hydrogen (secondary N) is 2. The molecule has 0 aliphatic rings. The Hall–Kier alpha value is -4.20. The van der Waals surface area contributed by atoms with Gasteiger partial charge < -0.3 is 15.7 Å². The lowest BCUT2D eigenvalue weighted by atomic mass is 10.1. The summed E-state index contributed by atoms with van der Waals surface area (Å²) in [5.74, 6) is -0.921. The van der Waals surface area contributed by atoms with E-state index >= 15 is 0 Å². The number of anilines is 1. The van der Waals surface area contributed by atoms with Gasteiger partial charge in [0.2, 0.25) is 0 Å². The number of benzene rings is 3. The molecule has 152 valence electrons. The highest BCUT2D eigenvalue weighted by Gasteiger charge is 2.18. The number of para-hydroxylation sites is 1. The fourth-order valence-electron chi connectivity index (χ4n) is 2.79. The zero-order valence-electron chi connectivity index (χ0n) is 15.9. The van der Waals surface area contributed by atoms with E-state index in [0.29, 0.717) is 12.1 Å². The molecule has 2 amide bonds. The van der Waals surface area contributed by atoms with Crippen LogP contribution >= 0.6 is 0 Å². The van der Waals surface area contributed by atoms with Gasteiger partial charge in [0, 0.05) is 35.5 Å². The van der Waals surface area contributed by atoms with Gasteiger partial charge in [-0.1, -0.05) is 30.3 Å². The number of nitrogens with zero attached hydrogens (tertiary/aromatic N) is 1. The topological polar surface area (TPSA) is 122 Å². The first kappa shape index (κ1) is 20.5. The third kappa shape index (κ3) is 5.41. The van der Waals surface area contributed by atoms with E-state index in [1.807, 2.05) is 0 Å². The Labute approximate surface area is 172 Å². The van der Waals surface area contributed by atoms with Crippen LogP contribution in [0.3, 0.4) is 0 Å². The maximum absolute atomic E-state index is 12.5. The van der Waals surface area contributed by atoms with Gasteiger partial charge in [0.05, 0.1) is 4.92 Å². The largest absolute Gasteiger partial charge is 0.508 e. The van der Waals surface area contributed by atoms with Crippen molar-refractivity contribution in [3.63, 3.8) is 0 Å². The number of aromatic hydroxyl groups is 1. The summed E-state index contributed by atoms with van der Waals surface area (Å²) in [6, 6.07) is 18.8. The Morgan fingerprint density at radius 1 is 0.900 bits per heavy atom. The van der Waals surface area contributed by atoms with Crippen LogP contribution in [-0.2, 0) is 6.42 Å². The van der Waals surface area contributed by atoms with E-state index in [4.69, 9.17) is 0 Å². The van der Waals surface area contributed by atoms with Crippen molar-refractivity contribution in [3.8, 4) is 5.75 Å². The number of hydrogen-bond donors (Lipinski definition) is 3. The number of carbonyl (C=O) groups is 2. The highest BCUT2D eigenvalue weighted by molar-refractivity contribution is 6.06. The van der Waals surface area contributed by atoms with E-state index in [1.54, 1.807) is 54.6 Å². The molecule has 0 saturated heterocycles. The molecule has 0 unspecified atom stereocenters. The lowest BCUT2D eigenvalue weighted by molar-refractivity contribution is -0.384. The lowest BCUT2D eigenvalue weighted by Crippen LogP contribution is -2.26. The van der Waals surface area contributed by atoms with Gasteiger partial charge in [-0.15, -0.1) is 0 Å². The molecule has 0 aliphatic heterocycles. The first-order valence-corrected chi connectivity index (χ1v) is 9.14. The summed E-state index contributed by atoms with van der Waals surface area (Å²) in [6.45, 7) is 0.290. The molecule has 3 rings (SSSR count). The Kier molecular flexibility index (Phi) is 6.39. The summed E-state index contributed by atoms with van der Waals surface area (Å²) < 4.78 is 0. The Morgan fingerprint density at radius 3 is 2.17 bits per heavy atom. The van der Waals surface area contributed by atoms with Crippen LogP contribution in [0, 0.1) is 10.1 Å². The number of phenols is 1. The summed E-state index contributed by atoms with van der Waals surface area (Å²) >= 11 is 0. The number of non-ortho nitro benzene ring substituents is 1. The van der Waals surface area contributed by atoms with E-state index in [-0.39, 0.29) is 29.1 Å². The van der Waals surface area contributed by atoms with Gasteiger partial charge >= 0.3 is 0 Å². The molecule has 0 bridgehead atoms. The number of rotatable bonds is 7. The van der Waals surface area contributed by atoms with E-state index in [0.717, 1.165) is 17.7 Å². The summed E-state index contributed by atoms with van der Waals surface area (Å²) in [5.41, 5.74) is 1.13. The number of carbonyl (C=O) groups excluding carboxylic acids is 2. The number of nitro benzene ring substituents is 1. The van der Waals surface area contributed by atoms with Crippen LogP contribution in [0.25, 0.3) is 0 Å². The van der Waals surface area contributed by atoms with Gasteiger partial charge in [0.15, 0.2) is 0 Å². The first-order valence-electron chi connectivity index (χ1n) is 9.14. The molecule has 0 aliphatic carbocycles. The van der Waals surface area contributed by atoms with E-state index in [1.165, 1.54) is 6.07 Å². The molecule has 8 nitrogen and oxygen atoms in total. The van der Waals surface area contributed by atoms with Crippen LogP contribution in [0.15, 0.2) is 72.8 Å².